The summed E-state index contributed by atoms with van der Waals surface area (Å²) in [6, 6.07) is 3.74. The predicted octanol–water partition coefficient (Wildman–Crippen LogP) is 1.98. The maximum Gasteiger partial charge on any atom is 0.120 e. The Hall–Kier alpha value is -0.510. The fourth-order valence-corrected chi connectivity index (χ4v) is 0.877. The SMILES string of the molecule is Cc1ccc(CN(O)CCl)o1. The Balaban J connectivity index is 2.50. The molecule has 1 aromatic heterocycles. The lowest BCUT2D eigenvalue weighted by atomic mass is 10.4. The third kappa shape index (κ3) is 2.54. The lowest BCUT2D eigenvalue weighted by molar-refractivity contribution is -0.0860. The van der Waals surface area contributed by atoms with Crippen LogP contribution in [-0.2, 0) is 6.54 Å². The molecule has 62 valence electrons. The summed E-state index contributed by atoms with van der Waals surface area (Å²) >= 11 is 5.34. The van der Waals surface area contributed by atoms with Gasteiger partial charge >= 0.3 is 0 Å². The van der Waals surface area contributed by atoms with E-state index in [1.54, 1.807) is 0 Å². The first-order chi connectivity index (χ1) is 5.22. The average Bonchev–Trinajstić information content (AvgIpc) is 2.35. The Morgan fingerprint density at radius 3 is 2.82 bits per heavy atom. The van der Waals surface area contributed by atoms with Crippen molar-refractivity contribution in [1.82, 2.24) is 5.06 Å². The van der Waals surface area contributed by atoms with Gasteiger partial charge in [0.2, 0.25) is 0 Å². The van der Waals surface area contributed by atoms with Gasteiger partial charge in [0.1, 0.15) is 11.5 Å². The number of hydrogen-bond acceptors (Lipinski definition) is 3. The van der Waals surface area contributed by atoms with Crippen LogP contribution in [0.15, 0.2) is 16.5 Å². The highest BCUT2D eigenvalue weighted by atomic mass is 35.5. The number of alkyl halides is 1. The lowest BCUT2D eigenvalue weighted by Crippen LogP contribution is -2.15. The standard InChI is InChI=1S/C7H10ClNO2/c1-6-2-3-7(11-6)4-9(10)5-8/h2-3,10H,4-5H2,1H3. The van der Waals surface area contributed by atoms with Crippen LogP contribution in [0.5, 0.6) is 0 Å². The maximum atomic E-state index is 8.96. The minimum atomic E-state index is 0.0831. The third-order valence-electron chi connectivity index (χ3n) is 1.27. The van der Waals surface area contributed by atoms with Crippen molar-refractivity contribution in [3.63, 3.8) is 0 Å². The van der Waals surface area contributed by atoms with Crippen LogP contribution in [0, 0.1) is 6.92 Å². The molecule has 1 aromatic rings. The molecule has 0 aromatic carbocycles. The molecule has 0 atom stereocenters. The summed E-state index contributed by atoms with van der Waals surface area (Å²) in [6.07, 6.45) is 0. The molecule has 0 aliphatic carbocycles. The summed E-state index contributed by atoms with van der Waals surface area (Å²) in [6.45, 7) is 2.18. The number of halogens is 1. The monoisotopic (exact) mass is 175 g/mol. The number of rotatable bonds is 3. The first kappa shape index (κ1) is 8.59. The van der Waals surface area contributed by atoms with Crippen molar-refractivity contribution >= 4 is 11.6 Å². The Bertz CT molecular complexity index is 224. The van der Waals surface area contributed by atoms with E-state index in [4.69, 9.17) is 21.2 Å². The smallest absolute Gasteiger partial charge is 0.120 e. The van der Waals surface area contributed by atoms with Crippen LogP contribution in [0.25, 0.3) is 0 Å². The average molecular weight is 176 g/mol. The van der Waals surface area contributed by atoms with Crippen molar-refractivity contribution in [1.29, 1.82) is 0 Å². The summed E-state index contributed by atoms with van der Waals surface area (Å²) < 4.78 is 5.20. The van der Waals surface area contributed by atoms with E-state index in [1.807, 2.05) is 19.1 Å². The van der Waals surface area contributed by atoms with Gasteiger partial charge in [0.15, 0.2) is 0 Å². The second-order valence-corrected chi connectivity index (χ2v) is 2.54. The zero-order valence-electron chi connectivity index (χ0n) is 6.25. The van der Waals surface area contributed by atoms with E-state index in [-0.39, 0.29) is 6.00 Å². The molecule has 0 unspecified atom stereocenters. The molecule has 0 aliphatic heterocycles. The molecular weight excluding hydrogens is 166 g/mol. The largest absolute Gasteiger partial charge is 0.465 e. The van der Waals surface area contributed by atoms with Gasteiger partial charge in [-0.05, 0) is 19.1 Å². The predicted molar refractivity (Wildman–Crippen MR) is 41.5 cm³/mol. The van der Waals surface area contributed by atoms with E-state index in [9.17, 15) is 0 Å². The van der Waals surface area contributed by atoms with Gasteiger partial charge in [-0.2, -0.15) is 5.06 Å². The Morgan fingerprint density at radius 1 is 1.64 bits per heavy atom. The first-order valence-corrected chi connectivity index (χ1v) is 3.81. The molecule has 0 bridgehead atoms. The van der Waals surface area contributed by atoms with Crippen LogP contribution < -0.4 is 0 Å². The number of hydrogen-bond donors (Lipinski definition) is 1. The van der Waals surface area contributed by atoms with Crippen LogP contribution >= 0.6 is 11.6 Å². The minimum absolute atomic E-state index is 0.0831. The molecule has 3 nitrogen and oxygen atoms in total. The van der Waals surface area contributed by atoms with Gasteiger partial charge in [-0.25, -0.2) is 0 Å². The Labute approximate surface area is 70.1 Å². The Morgan fingerprint density at radius 2 is 2.36 bits per heavy atom. The molecule has 1 heterocycles. The molecule has 0 fully saturated rings. The van der Waals surface area contributed by atoms with Gasteiger partial charge in [0.05, 0.1) is 12.5 Å². The summed E-state index contributed by atoms with van der Waals surface area (Å²) in [4.78, 5) is 0. The highest BCUT2D eigenvalue weighted by Crippen LogP contribution is 2.08. The summed E-state index contributed by atoms with van der Waals surface area (Å²) in [5.41, 5.74) is 0. The molecule has 0 saturated carbocycles. The van der Waals surface area contributed by atoms with Gasteiger partial charge in [0.25, 0.3) is 0 Å². The zero-order valence-corrected chi connectivity index (χ0v) is 7.01. The molecule has 0 saturated heterocycles. The molecule has 0 radical (unpaired) electrons. The molecule has 1 N–H and O–H groups in total. The van der Waals surface area contributed by atoms with Crippen LogP contribution in [0.1, 0.15) is 11.5 Å². The van der Waals surface area contributed by atoms with E-state index < -0.39 is 0 Å². The topological polar surface area (TPSA) is 36.6 Å². The summed E-state index contributed by atoms with van der Waals surface area (Å²) in [5, 5.41) is 9.93. The summed E-state index contributed by atoms with van der Waals surface area (Å²) in [7, 11) is 0. The molecule has 0 aliphatic rings. The number of hydroxylamine groups is 2. The van der Waals surface area contributed by atoms with E-state index in [0.717, 1.165) is 10.8 Å². The molecule has 0 amide bonds. The van der Waals surface area contributed by atoms with Crippen molar-refractivity contribution in [3.05, 3.63) is 23.7 Å². The van der Waals surface area contributed by atoms with E-state index in [0.29, 0.717) is 12.3 Å². The molecule has 4 heteroatoms. The fourth-order valence-electron chi connectivity index (χ4n) is 0.792. The Kier molecular flexibility index (Phi) is 2.93. The van der Waals surface area contributed by atoms with Gasteiger partial charge in [0, 0.05) is 0 Å². The number of aryl methyl sites for hydroxylation is 1. The number of nitrogens with zero attached hydrogens (tertiary/aromatic N) is 1. The molecule has 1 rings (SSSR count). The highest BCUT2D eigenvalue weighted by Gasteiger charge is 2.02. The van der Waals surface area contributed by atoms with E-state index in [2.05, 4.69) is 0 Å². The quantitative estimate of drug-likeness (QED) is 0.434. The van der Waals surface area contributed by atoms with Gasteiger partial charge in [-0.3, -0.25) is 0 Å². The first-order valence-electron chi connectivity index (χ1n) is 3.27. The van der Waals surface area contributed by atoms with E-state index in [1.165, 1.54) is 0 Å². The van der Waals surface area contributed by atoms with Crippen LogP contribution in [0.2, 0.25) is 0 Å². The van der Waals surface area contributed by atoms with Crippen molar-refractivity contribution in [2.45, 2.75) is 13.5 Å². The van der Waals surface area contributed by atoms with Gasteiger partial charge in [-0.15, -0.1) is 11.6 Å². The molecular formula is C7H10ClNO2. The zero-order chi connectivity index (χ0) is 8.27. The number of furan rings is 1. The van der Waals surface area contributed by atoms with Crippen LogP contribution in [-0.4, -0.2) is 16.3 Å². The van der Waals surface area contributed by atoms with Crippen molar-refractivity contribution < 1.29 is 9.62 Å². The van der Waals surface area contributed by atoms with Gasteiger partial charge in [-0.1, -0.05) is 0 Å². The molecule has 0 spiro atoms. The second-order valence-electron chi connectivity index (χ2n) is 2.30. The second kappa shape index (κ2) is 3.76. The third-order valence-corrected chi connectivity index (χ3v) is 1.55. The van der Waals surface area contributed by atoms with Crippen LogP contribution in [0.3, 0.4) is 0 Å². The molecule has 11 heavy (non-hydrogen) atoms. The van der Waals surface area contributed by atoms with Gasteiger partial charge < -0.3 is 9.62 Å². The normalized spacial score (nSPS) is 10.9. The maximum absolute atomic E-state index is 8.96. The lowest BCUT2D eigenvalue weighted by Gasteiger charge is -2.07. The van der Waals surface area contributed by atoms with Crippen molar-refractivity contribution in [2.24, 2.45) is 0 Å². The summed E-state index contributed by atoms with van der Waals surface area (Å²) in [5.74, 6) is 1.55. The van der Waals surface area contributed by atoms with Crippen LogP contribution in [0.4, 0.5) is 0 Å². The van der Waals surface area contributed by atoms with E-state index >= 15 is 0 Å². The van der Waals surface area contributed by atoms with Crippen molar-refractivity contribution in [2.75, 3.05) is 6.00 Å². The van der Waals surface area contributed by atoms with Crippen molar-refractivity contribution in [3.8, 4) is 0 Å². The minimum Gasteiger partial charge on any atom is -0.465 e. The highest BCUT2D eigenvalue weighted by molar-refractivity contribution is 6.17. The fraction of sp³-hybridized carbons (Fsp3) is 0.429.